The molecule has 0 spiro atoms. The number of nitrogens with two attached hydrogens (primary N) is 1. The Hall–Kier alpha value is -1.97. The van der Waals surface area contributed by atoms with E-state index < -0.39 is 0 Å². The molecule has 1 aromatic heterocycles. The lowest BCUT2D eigenvalue weighted by Crippen LogP contribution is -2.06. The molecule has 4 heteroatoms. The first-order valence-corrected chi connectivity index (χ1v) is 4.73. The highest BCUT2D eigenvalue weighted by Crippen LogP contribution is 2.12. The maximum absolute atomic E-state index is 11.3. The van der Waals surface area contributed by atoms with Gasteiger partial charge in [0.1, 0.15) is 5.69 Å². The van der Waals surface area contributed by atoms with Crippen LogP contribution in [0.3, 0.4) is 0 Å². The number of H-pyrrole nitrogens is 1. The first-order chi connectivity index (χ1) is 7.09. The van der Waals surface area contributed by atoms with Crippen molar-refractivity contribution in [2.75, 3.05) is 5.73 Å². The van der Waals surface area contributed by atoms with E-state index in [1.807, 2.05) is 38.1 Å². The van der Waals surface area contributed by atoms with Crippen LogP contribution in [0.4, 0.5) is 5.69 Å². The van der Waals surface area contributed by atoms with Gasteiger partial charge in [0, 0.05) is 0 Å². The summed E-state index contributed by atoms with van der Waals surface area (Å²) in [6.07, 6.45) is 0. The highest BCUT2D eigenvalue weighted by atomic mass is 16.1. The summed E-state index contributed by atoms with van der Waals surface area (Å²) >= 11 is 0. The number of nitrogen functional groups attached to an aromatic ring is 1. The molecule has 0 aliphatic rings. The van der Waals surface area contributed by atoms with Gasteiger partial charge in [-0.25, -0.2) is 0 Å². The van der Waals surface area contributed by atoms with Crippen molar-refractivity contribution in [3.63, 3.8) is 0 Å². The molecule has 0 saturated carbocycles. The highest BCUT2D eigenvalue weighted by Gasteiger charge is 2.07. The molecule has 0 saturated heterocycles. The van der Waals surface area contributed by atoms with E-state index in [1.54, 1.807) is 4.68 Å². The van der Waals surface area contributed by atoms with E-state index in [0.29, 0.717) is 0 Å². The number of hydrogen-bond donors (Lipinski definition) is 2. The first kappa shape index (κ1) is 9.58. The lowest BCUT2D eigenvalue weighted by atomic mass is 10.2. The molecule has 0 aliphatic heterocycles. The molecule has 2 rings (SSSR count). The number of rotatable bonds is 1. The highest BCUT2D eigenvalue weighted by molar-refractivity contribution is 5.45. The SMILES string of the molecule is Cc1ccc(-n2[nH]c(=O)c(N)c2C)cc1. The maximum atomic E-state index is 11.3. The molecule has 15 heavy (non-hydrogen) atoms. The average Bonchev–Trinajstić information content (AvgIpc) is 2.47. The van der Waals surface area contributed by atoms with Crippen molar-refractivity contribution in [3.05, 3.63) is 45.9 Å². The maximum Gasteiger partial charge on any atom is 0.287 e. The fourth-order valence-corrected chi connectivity index (χ4v) is 1.48. The molecule has 1 heterocycles. The molecule has 0 radical (unpaired) electrons. The van der Waals surface area contributed by atoms with E-state index in [2.05, 4.69) is 5.10 Å². The van der Waals surface area contributed by atoms with Gasteiger partial charge in [-0.1, -0.05) is 17.7 Å². The van der Waals surface area contributed by atoms with Crippen molar-refractivity contribution in [1.82, 2.24) is 9.78 Å². The van der Waals surface area contributed by atoms with Crippen molar-refractivity contribution in [1.29, 1.82) is 0 Å². The fourth-order valence-electron chi connectivity index (χ4n) is 1.48. The Labute approximate surface area is 87.3 Å². The lowest BCUT2D eigenvalue weighted by Gasteiger charge is -2.05. The normalized spacial score (nSPS) is 10.5. The van der Waals surface area contributed by atoms with E-state index in [4.69, 9.17) is 5.73 Å². The molecule has 0 bridgehead atoms. The Morgan fingerprint density at radius 2 is 1.80 bits per heavy atom. The van der Waals surface area contributed by atoms with E-state index in [9.17, 15) is 4.79 Å². The van der Waals surface area contributed by atoms with Crippen LogP contribution in [0.5, 0.6) is 0 Å². The molecule has 3 N–H and O–H groups in total. The number of nitrogens with zero attached hydrogens (tertiary/aromatic N) is 1. The second-order valence-corrected chi connectivity index (χ2v) is 3.61. The Kier molecular flexibility index (Phi) is 2.11. The lowest BCUT2D eigenvalue weighted by molar-refractivity contribution is 0.834. The molecule has 0 unspecified atom stereocenters. The Morgan fingerprint density at radius 1 is 1.20 bits per heavy atom. The third kappa shape index (κ3) is 1.54. The van der Waals surface area contributed by atoms with Gasteiger partial charge in [0.25, 0.3) is 5.56 Å². The third-order valence-corrected chi connectivity index (χ3v) is 2.48. The summed E-state index contributed by atoms with van der Waals surface area (Å²) in [6, 6.07) is 7.86. The molecule has 78 valence electrons. The zero-order chi connectivity index (χ0) is 11.0. The topological polar surface area (TPSA) is 63.8 Å². The molecular formula is C11H13N3O. The average molecular weight is 203 g/mol. The minimum absolute atomic E-state index is 0.243. The minimum Gasteiger partial charge on any atom is -0.393 e. The minimum atomic E-state index is -0.243. The van der Waals surface area contributed by atoms with Gasteiger partial charge in [-0.2, -0.15) is 0 Å². The molecule has 0 aliphatic carbocycles. The number of hydrogen-bond acceptors (Lipinski definition) is 2. The Bertz CT molecular complexity index is 534. The van der Waals surface area contributed by atoms with Crippen molar-refractivity contribution < 1.29 is 0 Å². The van der Waals surface area contributed by atoms with Crippen LogP contribution < -0.4 is 11.3 Å². The predicted molar refractivity (Wildman–Crippen MR) is 60.3 cm³/mol. The van der Waals surface area contributed by atoms with Gasteiger partial charge in [0.15, 0.2) is 0 Å². The summed E-state index contributed by atoms with van der Waals surface area (Å²) in [5, 5.41) is 2.68. The van der Waals surface area contributed by atoms with Crippen LogP contribution in [0, 0.1) is 13.8 Å². The van der Waals surface area contributed by atoms with Crippen LogP contribution in [0.25, 0.3) is 5.69 Å². The summed E-state index contributed by atoms with van der Waals surface area (Å²) in [7, 11) is 0. The second-order valence-electron chi connectivity index (χ2n) is 3.61. The van der Waals surface area contributed by atoms with Crippen LogP contribution in [0.2, 0.25) is 0 Å². The molecule has 1 aromatic carbocycles. The summed E-state index contributed by atoms with van der Waals surface area (Å²) in [5.74, 6) is 0. The van der Waals surface area contributed by atoms with Crippen molar-refractivity contribution >= 4 is 5.69 Å². The predicted octanol–water partition coefficient (Wildman–Crippen LogP) is 1.36. The summed E-state index contributed by atoms with van der Waals surface area (Å²) in [4.78, 5) is 11.3. The van der Waals surface area contributed by atoms with Crippen LogP contribution in [-0.4, -0.2) is 9.78 Å². The largest absolute Gasteiger partial charge is 0.393 e. The van der Waals surface area contributed by atoms with Crippen LogP contribution >= 0.6 is 0 Å². The monoisotopic (exact) mass is 203 g/mol. The van der Waals surface area contributed by atoms with Crippen molar-refractivity contribution in [2.45, 2.75) is 13.8 Å². The third-order valence-electron chi connectivity index (χ3n) is 2.48. The number of aryl methyl sites for hydroxylation is 1. The summed E-state index contributed by atoms with van der Waals surface area (Å²) in [5.41, 5.74) is 8.46. The van der Waals surface area contributed by atoms with E-state index in [0.717, 1.165) is 11.4 Å². The van der Waals surface area contributed by atoms with E-state index in [1.165, 1.54) is 5.56 Å². The Morgan fingerprint density at radius 3 is 2.27 bits per heavy atom. The first-order valence-electron chi connectivity index (χ1n) is 4.73. The van der Waals surface area contributed by atoms with E-state index >= 15 is 0 Å². The molecule has 4 nitrogen and oxygen atoms in total. The molecular weight excluding hydrogens is 190 g/mol. The quantitative estimate of drug-likeness (QED) is 0.735. The number of aromatic amines is 1. The Balaban J connectivity index is 2.59. The van der Waals surface area contributed by atoms with Gasteiger partial charge in [0.2, 0.25) is 0 Å². The van der Waals surface area contributed by atoms with Gasteiger partial charge >= 0.3 is 0 Å². The van der Waals surface area contributed by atoms with Crippen molar-refractivity contribution in [2.24, 2.45) is 0 Å². The van der Waals surface area contributed by atoms with E-state index in [-0.39, 0.29) is 11.2 Å². The molecule has 0 amide bonds. The zero-order valence-corrected chi connectivity index (χ0v) is 8.74. The summed E-state index contributed by atoms with van der Waals surface area (Å²) in [6.45, 7) is 3.83. The number of nitrogens with one attached hydrogen (secondary N) is 1. The second kappa shape index (κ2) is 3.31. The van der Waals surface area contributed by atoms with Gasteiger partial charge in [-0.05, 0) is 26.0 Å². The van der Waals surface area contributed by atoms with Crippen molar-refractivity contribution in [3.8, 4) is 5.69 Å². The van der Waals surface area contributed by atoms with Crippen LogP contribution in [-0.2, 0) is 0 Å². The standard InChI is InChI=1S/C11H13N3O/c1-7-3-5-9(6-4-7)14-8(2)10(12)11(15)13-14/h3-6H,12H2,1-2H3,(H,13,15). The van der Waals surface area contributed by atoms with Gasteiger partial charge in [-0.15, -0.1) is 0 Å². The van der Waals surface area contributed by atoms with Gasteiger partial charge in [0.05, 0.1) is 11.4 Å². The van der Waals surface area contributed by atoms with Crippen LogP contribution in [0.1, 0.15) is 11.3 Å². The number of benzene rings is 1. The fraction of sp³-hybridized carbons (Fsp3) is 0.182. The summed E-state index contributed by atoms with van der Waals surface area (Å²) < 4.78 is 1.69. The molecule has 0 atom stereocenters. The smallest absolute Gasteiger partial charge is 0.287 e. The zero-order valence-electron chi connectivity index (χ0n) is 8.74. The van der Waals surface area contributed by atoms with Gasteiger partial charge < -0.3 is 5.73 Å². The van der Waals surface area contributed by atoms with Gasteiger partial charge in [-0.3, -0.25) is 14.6 Å². The van der Waals surface area contributed by atoms with Crippen LogP contribution in [0.15, 0.2) is 29.1 Å². The number of aromatic nitrogens is 2. The molecule has 0 fully saturated rings. The molecule has 2 aromatic rings. The number of anilines is 1.